The van der Waals surface area contributed by atoms with E-state index in [1.807, 2.05) is 0 Å². The molecule has 2 aromatic rings. The molecule has 0 saturated carbocycles. The Balaban J connectivity index is 1.52. The van der Waals surface area contributed by atoms with Crippen LogP contribution in [0.5, 0.6) is 0 Å². The molecule has 0 aromatic heterocycles. The Morgan fingerprint density at radius 2 is 1.03 bits per heavy atom. The number of halogens is 2. The van der Waals surface area contributed by atoms with Gasteiger partial charge in [-0.2, -0.15) is 17.0 Å². The number of hydrogen-bond donors (Lipinski definition) is 0. The van der Waals surface area contributed by atoms with Gasteiger partial charge in [0.25, 0.3) is 10.2 Å². The van der Waals surface area contributed by atoms with E-state index in [9.17, 15) is 17.2 Å². The first-order valence-corrected chi connectivity index (χ1v) is 12.3. The lowest BCUT2D eigenvalue weighted by molar-refractivity contribution is 0.150. The van der Waals surface area contributed by atoms with Crippen molar-refractivity contribution < 1.29 is 17.2 Å². The van der Waals surface area contributed by atoms with Crippen molar-refractivity contribution in [3.8, 4) is 0 Å². The van der Waals surface area contributed by atoms with Crippen molar-refractivity contribution in [2.75, 3.05) is 39.3 Å². The molecule has 0 N–H and O–H groups in total. The monoisotopic (exact) mass is 449 g/mol. The number of benzene rings is 2. The van der Waals surface area contributed by atoms with Gasteiger partial charge in [0.15, 0.2) is 0 Å². The molecule has 2 fully saturated rings. The maximum Gasteiger partial charge on any atom is 0.282 e. The van der Waals surface area contributed by atoms with Crippen LogP contribution in [0.3, 0.4) is 0 Å². The fourth-order valence-electron chi connectivity index (χ4n) is 4.53. The number of piperazine rings is 1. The molecule has 2 aromatic carbocycles. The Kier molecular flexibility index (Phi) is 7.01. The standard InChI is InChI=1S/C23H29F2N3O2S/c24-21-9-5-19(6-10-21)23(20-7-11-22(25)12-8-20)26-15-17-28(18-16-26)31(29,30)27-13-3-1-2-4-14-27/h5-12,23H,1-4,13-18H2. The predicted octanol–water partition coefficient (Wildman–Crippen LogP) is 3.79. The summed E-state index contributed by atoms with van der Waals surface area (Å²) < 4.78 is 56.5. The zero-order valence-corrected chi connectivity index (χ0v) is 18.4. The van der Waals surface area contributed by atoms with Gasteiger partial charge in [-0.05, 0) is 48.2 Å². The third kappa shape index (κ3) is 5.14. The highest BCUT2D eigenvalue weighted by Gasteiger charge is 2.34. The van der Waals surface area contributed by atoms with Crippen LogP contribution in [0.2, 0.25) is 0 Å². The van der Waals surface area contributed by atoms with Gasteiger partial charge >= 0.3 is 0 Å². The minimum atomic E-state index is -3.46. The van der Waals surface area contributed by atoms with Gasteiger partial charge in [-0.3, -0.25) is 4.90 Å². The van der Waals surface area contributed by atoms with Gasteiger partial charge in [-0.15, -0.1) is 0 Å². The molecule has 0 amide bonds. The van der Waals surface area contributed by atoms with Gasteiger partial charge in [0, 0.05) is 39.3 Å². The van der Waals surface area contributed by atoms with E-state index in [1.54, 1.807) is 32.9 Å². The minimum Gasteiger partial charge on any atom is -0.290 e. The second-order valence-corrected chi connectivity index (χ2v) is 10.2. The molecule has 5 nitrogen and oxygen atoms in total. The maximum atomic E-state index is 13.5. The Labute approximate surface area is 183 Å². The summed E-state index contributed by atoms with van der Waals surface area (Å²) in [6.07, 6.45) is 3.99. The van der Waals surface area contributed by atoms with E-state index >= 15 is 0 Å². The molecule has 0 unspecified atom stereocenters. The summed E-state index contributed by atoms with van der Waals surface area (Å²) in [5, 5.41) is 0. The molecule has 0 spiro atoms. The summed E-state index contributed by atoms with van der Waals surface area (Å²) in [5.41, 5.74) is 1.80. The number of hydrogen-bond acceptors (Lipinski definition) is 3. The highest BCUT2D eigenvalue weighted by atomic mass is 32.2. The summed E-state index contributed by atoms with van der Waals surface area (Å²) in [4.78, 5) is 2.19. The van der Waals surface area contributed by atoms with Crippen LogP contribution in [-0.2, 0) is 10.2 Å². The van der Waals surface area contributed by atoms with Crippen molar-refractivity contribution in [1.29, 1.82) is 0 Å². The van der Waals surface area contributed by atoms with Gasteiger partial charge in [0.2, 0.25) is 0 Å². The van der Waals surface area contributed by atoms with Crippen LogP contribution in [0.25, 0.3) is 0 Å². The van der Waals surface area contributed by atoms with Crippen LogP contribution in [0.4, 0.5) is 8.78 Å². The van der Waals surface area contributed by atoms with Crippen LogP contribution < -0.4 is 0 Å². The van der Waals surface area contributed by atoms with Crippen LogP contribution in [0, 0.1) is 11.6 Å². The van der Waals surface area contributed by atoms with Crippen molar-refractivity contribution in [3.63, 3.8) is 0 Å². The van der Waals surface area contributed by atoms with Crippen molar-refractivity contribution in [1.82, 2.24) is 13.5 Å². The molecule has 2 aliphatic rings. The van der Waals surface area contributed by atoms with E-state index in [4.69, 9.17) is 0 Å². The van der Waals surface area contributed by atoms with Crippen LogP contribution >= 0.6 is 0 Å². The van der Waals surface area contributed by atoms with Gasteiger partial charge < -0.3 is 0 Å². The van der Waals surface area contributed by atoms with E-state index in [0.717, 1.165) is 36.8 Å². The van der Waals surface area contributed by atoms with E-state index in [1.165, 1.54) is 24.3 Å². The third-order valence-corrected chi connectivity index (χ3v) is 8.26. The summed E-state index contributed by atoms with van der Waals surface area (Å²) in [5.74, 6) is -0.620. The number of rotatable bonds is 5. The van der Waals surface area contributed by atoms with Crippen molar-refractivity contribution in [3.05, 3.63) is 71.3 Å². The topological polar surface area (TPSA) is 43.9 Å². The molecule has 168 valence electrons. The predicted molar refractivity (Wildman–Crippen MR) is 117 cm³/mol. The molecule has 2 saturated heterocycles. The first-order valence-electron chi connectivity index (χ1n) is 11.0. The molecular formula is C23H29F2N3O2S. The van der Waals surface area contributed by atoms with Crippen molar-refractivity contribution >= 4 is 10.2 Å². The molecule has 0 atom stereocenters. The van der Waals surface area contributed by atoms with Gasteiger partial charge in [-0.25, -0.2) is 8.78 Å². The normalized spacial score (nSPS) is 20.1. The second-order valence-electron chi connectivity index (χ2n) is 8.26. The Morgan fingerprint density at radius 3 is 1.48 bits per heavy atom. The molecule has 0 aliphatic carbocycles. The van der Waals surface area contributed by atoms with Crippen molar-refractivity contribution in [2.45, 2.75) is 31.7 Å². The van der Waals surface area contributed by atoms with Crippen LogP contribution in [-0.4, -0.2) is 61.2 Å². The van der Waals surface area contributed by atoms with E-state index in [0.29, 0.717) is 39.3 Å². The molecule has 8 heteroatoms. The SMILES string of the molecule is O=S(=O)(N1CCCCCC1)N1CCN(C(c2ccc(F)cc2)c2ccc(F)cc2)CC1. The zero-order chi connectivity index (χ0) is 21.8. The fraction of sp³-hybridized carbons (Fsp3) is 0.478. The lowest BCUT2D eigenvalue weighted by Crippen LogP contribution is -2.53. The van der Waals surface area contributed by atoms with E-state index in [-0.39, 0.29) is 17.7 Å². The zero-order valence-electron chi connectivity index (χ0n) is 17.6. The highest BCUT2D eigenvalue weighted by molar-refractivity contribution is 7.86. The number of nitrogens with zero attached hydrogens (tertiary/aromatic N) is 3. The molecule has 2 heterocycles. The first-order chi connectivity index (χ1) is 14.9. The largest absolute Gasteiger partial charge is 0.290 e. The molecule has 0 radical (unpaired) electrons. The molecule has 0 bridgehead atoms. The minimum absolute atomic E-state index is 0.191. The van der Waals surface area contributed by atoms with Gasteiger partial charge in [0.05, 0.1) is 6.04 Å². The van der Waals surface area contributed by atoms with Crippen LogP contribution in [0.1, 0.15) is 42.9 Å². The average Bonchev–Trinajstić information content (AvgIpc) is 3.07. The molecule has 31 heavy (non-hydrogen) atoms. The highest BCUT2D eigenvalue weighted by Crippen LogP contribution is 2.31. The Bertz CT molecular complexity index is 906. The lowest BCUT2D eigenvalue weighted by atomic mass is 9.96. The third-order valence-electron chi connectivity index (χ3n) is 6.23. The van der Waals surface area contributed by atoms with Gasteiger partial charge in [-0.1, -0.05) is 37.1 Å². The second kappa shape index (κ2) is 9.73. The summed E-state index contributed by atoms with van der Waals surface area (Å²) in [6, 6.07) is 12.5. The summed E-state index contributed by atoms with van der Waals surface area (Å²) in [6.45, 7) is 3.08. The molecule has 4 rings (SSSR count). The average molecular weight is 450 g/mol. The molecular weight excluding hydrogens is 420 g/mol. The van der Waals surface area contributed by atoms with Crippen molar-refractivity contribution in [2.24, 2.45) is 0 Å². The van der Waals surface area contributed by atoms with E-state index < -0.39 is 10.2 Å². The van der Waals surface area contributed by atoms with Crippen LogP contribution in [0.15, 0.2) is 48.5 Å². The first kappa shape index (κ1) is 22.3. The summed E-state index contributed by atoms with van der Waals surface area (Å²) >= 11 is 0. The smallest absolute Gasteiger partial charge is 0.282 e. The fourth-order valence-corrected chi connectivity index (χ4v) is 6.20. The van der Waals surface area contributed by atoms with E-state index in [2.05, 4.69) is 4.90 Å². The van der Waals surface area contributed by atoms with Gasteiger partial charge in [0.1, 0.15) is 11.6 Å². The quantitative estimate of drug-likeness (QED) is 0.698. The summed E-state index contributed by atoms with van der Waals surface area (Å²) in [7, 11) is -3.46. The maximum absolute atomic E-state index is 13.5. The Morgan fingerprint density at radius 1 is 0.613 bits per heavy atom. The Hall–Kier alpha value is -1.87. The lowest BCUT2D eigenvalue weighted by Gasteiger charge is -2.40. The molecule has 2 aliphatic heterocycles.